The molecule has 4 aromatic rings. The van der Waals surface area contributed by atoms with E-state index in [1.165, 1.54) is 27.3 Å². The van der Waals surface area contributed by atoms with Crippen molar-refractivity contribution in [2.75, 3.05) is 0 Å². The van der Waals surface area contributed by atoms with Gasteiger partial charge in [-0.15, -0.1) is 0 Å². The molecular formula is C23H18N2. The first kappa shape index (κ1) is 14.2. The number of aryl methyl sites for hydroxylation is 1. The van der Waals surface area contributed by atoms with Crippen LogP contribution in [0.5, 0.6) is 0 Å². The van der Waals surface area contributed by atoms with Crippen molar-refractivity contribution in [2.45, 2.75) is 12.5 Å². The van der Waals surface area contributed by atoms with Gasteiger partial charge in [0.15, 0.2) is 0 Å². The monoisotopic (exact) mass is 322 g/mol. The minimum absolute atomic E-state index is 0.488. The molecule has 1 N–H and O–H groups in total. The Morgan fingerprint density at radius 1 is 0.880 bits per heavy atom. The Morgan fingerprint density at radius 2 is 1.68 bits per heavy atom. The number of fused-ring (bicyclic) bond motifs is 2. The molecule has 2 nitrogen and oxygen atoms in total. The summed E-state index contributed by atoms with van der Waals surface area (Å²) in [6, 6.07) is 25.5. The second kappa shape index (κ2) is 5.18. The number of aromatic nitrogens is 1. The van der Waals surface area contributed by atoms with Crippen LogP contribution in [-0.4, -0.2) is 4.98 Å². The van der Waals surface area contributed by atoms with Gasteiger partial charge in [0.05, 0.1) is 5.36 Å². The molecule has 0 fully saturated rings. The van der Waals surface area contributed by atoms with E-state index in [0.717, 1.165) is 10.9 Å². The lowest BCUT2D eigenvalue weighted by Crippen LogP contribution is -2.21. The van der Waals surface area contributed by atoms with Gasteiger partial charge in [0.1, 0.15) is 5.54 Å². The molecule has 5 rings (SSSR count). The first-order valence-corrected chi connectivity index (χ1v) is 8.58. The molecule has 2 heteroatoms. The third kappa shape index (κ3) is 2.07. The minimum atomic E-state index is -0.488. The molecule has 1 aliphatic rings. The minimum Gasteiger partial charge on any atom is -0.361 e. The zero-order chi connectivity index (χ0) is 16.9. The predicted molar refractivity (Wildman–Crippen MR) is 102 cm³/mol. The largest absolute Gasteiger partial charge is 0.361 e. The van der Waals surface area contributed by atoms with E-state index in [4.69, 9.17) is 4.99 Å². The van der Waals surface area contributed by atoms with Gasteiger partial charge in [-0.3, -0.25) is 4.99 Å². The van der Waals surface area contributed by atoms with Crippen LogP contribution in [0.15, 0.2) is 84.0 Å². The summed E-state index contributed by atoms with van der Waals surface area (Å²) in [6.45, 7) is 2.12. The van der Waals surface area contributed by atoms with E-state index in [2.05, 4.69) is 97.0 Å². The fourth-order valence-corrected chi connectivity index (χ4v) is 3.85. The van der Waals surface area contributed by atoms with Crippen LogP contribution in [0.25, 0.3) is 17.0 Å². The van der Waals surface area contributed by atoms with Crippen molar-refractivity contribution in [1.82, 2.24) is 4.98 Å². The number of benzene rings is 3. The van der Waals surface area contributed by atoms with E-state index in [1.54, 1.807) is 0 Å². The van der Waals surface area contributed by atoms with Gasteiger partial charge in [-0.2, -0.15) is 0 Å². The van der Waals surface area contributed by atoms with E-state index in [-0.39, 0.29) is 0 Å². The van der Waals surface area contributed by atoms with E-state index in [1.807, 2.05) is 0 Å². The summed E-state index contributed by atoms with van der Waals surface area (Å²) in [7, 11) is 0. The number of rotatable bonds is 2. The topological polar surface area (TPSA) is 28.1 Å². The number of nitrogens with one attached hydrogen (secondary N) is 1. The average molecular weight is 322 g/mol. The SMILES string of the molecule is Cc1ccc2c(C3(c4ccccc4)C=c4ccccc4=N3)c[nH]c2c1. The highest BCUT2D eigenvalue weighted by molar-refractivity contribution is 5.87. The van der Waals surface area contributed by atoms with Crippen molar-refractivity contribution < 1.29 is 0 Å². The van der Waals surface area contributed by atoms with Crippen molar-refractivity contribution in [1.29, 1.82) is 0 Å². The number of nitrogens with zero attached hydrogens (tertiary/aromatic N) is 1. The summed E-state index contributed by atoms with van der Waals surface area (Å²) < 4.78 is 0. The van der Waals surface area contributed by atoms with Crippen LogP contribution >= 0.6 is 0 Å². The maximum atomic E-state index is 5.19. The van der Waals surface area contributed by atoms with Gasteiger partial charge in [0, 0.05) is 22.7 Å². The molecule has 0 bridgehead atoms. The first-order valence-electron chi connectivity index (χ1n) is 8.58. The summed E-state index contributed by atoms with van der Waals surface area (Å²) in [5, 5.41) is 3.46. The van der Waals surface area contributed by atoms with Gasteiger partial charge < -0.3 is 4.98 Å². The molecule has 120 valence electrons. The number of H-pyrrole nitrogens is 1. The standard InChI is InChI=1S/C23H18N2/c1-16-11-12-19-20(15-24-22(19)13-16)23(18-8-3-2-4-9-18)14-17-7-5-6-10-21(17)25-23/h2-15,24H,1H3. The van der Waals surface area contributed by atoms with Crippen molar-refractivity contribution in [2.24, 2.45) is 4.99 Å². The summed E-state index contributed by atoms with van der Waals surface area (Å²) >= 11 is 0. The highest BCUT2D eigenvalue weighted by Gasteiger charge is 2.35. The van der Waals surface area contributed by atoms with Gasteiger partial charge in [-0.25, -0.2) is 0 Å². The zero-order valence-corrected chi connectivity index (χ0v) is 14.0. The average Bonchev–Trinajstić information content (AvgIpc) is 3.24. The molecule has 0 saturated carbocycles. The quantitative estimate of drug-likeness (QED) is 0.581. The van der Waals surface area contributed by atoms with Crippen LogP contribution in [-0.2, 0) is 5.54 Å². The van der Waals surface area contributed by atoms with E-state index in [9.17, 15) is 0 Å². The molecule has 0 aliphatic carbocycles. The van der Waals surface area contributed by atoms with Gasteiger partial charge in [0.2, 0.25) is 0 Å². The van der Waals surface area contributed by atoms with Crippen LogP contribution in [0.2, 0.25) is 0 Å². The smallest absolute Gasteiger partial charge is 0.132 e. The molecule has 3 aromatic carbocycles. The second-order valence-electron chi connectivity index (χ2n) is 6.70. The maximum Gasteiger partial charge on any atom is 0.132 e. The third-order valence-electron chi connectivity index (χ3n) is 5.06. The Kier molecular flexibility index (Phi) is 2.95. The van der Waals surface area contributed by atoms with Crippen LogP contribution in [0.1, 0.15) is 16.7 Å². The molecule has 0 spiro atoms. The van der Waals surface area contributed by atoms with Crippen LogP contribution in [0, 0.1) is 6.92 Å². The lowest BCUT2D eigenvalue weighted by Gasteiger charge is -2.25. The molecule has 0 saturated heterocycles. The molecule has 0 amide bonds. The van der Waals surface area contributed by atoms with Crippen LogP contribution in [0.4, 0.5) is 0 Å². The van der Waals surface area contributed by atoms with Gasteiger partial charge in [-0.1, -0.05) is 60.7 Å². The predicted octanol–water partition coefficient (Wildman–Crippen LogP) is 3.83. The number of aromatic amines is 1. The highest BCUT2D eigenvalue weighted by Crippen LogP contribution is 2.40. The molecule has 1 unspecified atom stereocenters. The number of hydrogen-bond acceptors (Lipinski definition) is 1. The van der Waals surface area contributed by atoms with Gasteiger partial charge >= 0.3 is 0 Å². The Bertz CT molecular complexity index is 1160. The molecular weight excluding hydrogens is 304 g/mol. The second-order valence-corrected chi connectivity index (χ2v) is 6.70. The molecule has 25 heavy (non-hydrogen) atoms. The Labute approximate surface area is 146 Å². The van der Waals surface area contributed by atoms with Crippen molar-refractivity contribution in [3.8, 4) is 0 Å². The fraction of sp³-hybridized carbons (Fsp3) is 0.0870. The molecule has 1 aliphatic heterocycles. The van der Waals surface area contributed by atoms with Crippen molar-refractivity contribution >= 4 is 17.0 Å². The Morgan fingerprint density at radius 3 is 2.52 bits per heavy atom. The third-order valence-corrected chi connectivity index (χ3v) is 5.06. The number of para-hydroxylation sites is 1. The summed E-state index contributed by atoms with van der Waals surface area (Å²) in [4.78, 5) is 8.64. The first-order chi connectivity index (χ1) is 12.3. The molecule has 2 heterocycles. The normalized spacial score (nSPS) is 18.6. The van der Waals surface area contributed by atoms with Gasteiger partial charge in [0.25, 0.3) is 0 Å². The highest BCUT2D eigenvalue weighted by atomic mass is 14.9. The van der Waals surface area contributed by atoms with E-state index >= 15 is 0 Å². The molecule has 0 radical (unpaired) electrons. The molecule has 1 atom stereocenters. The summed E-state index contributed by atoms with van der Waals surface area (Å²) in [6.07, 6.45) is 4.41. The maximum absolute atomic E-state index is 5.19. The Hall–Kier alpha value is -3.13. The summed E-state index contributed by atoms with van der Waals surface area (Å²) in [5.41, 5.74) is 4.31. The van der Waals surface area contributed by atoms with E-state index < -0.39 is 5.54 Å². The van der Waals surface area contributed by atoms with E-state index in [0.29, 0.717) is 0 Å². The Balaban J connectivity index is 1.88. The van der Waals surface area contributed by atoms with Gasteiger partial charge in [-0.05, 0) is 41.5 Å². The van der Waals surface area contributed by atoms with Crippen LogP contribution < -0.4 is 10.6 Å². The van der Waals surface area contributed by atoms with Crippen LogP contribution in [0.3, 0.4) is 0 Å². The zero-order valence-electron chi connectivity index (χ0n) is 14.0. The van der Waals surface area contributed by atoms with Crippen molar-refractivity contribution in [3.05, 3.63) is 106 Å². The van der Waals surface area contributed by atoms with Crippen molar-refractivity contribution in [3.63, 3.8) is 0 Å². The summed E-state index contributed by atoms with van der Waals surface area (Å²) in [5.74, 6) is 0. The fourth-order valence-electron chi connectivity index (χ4n) is 3.85. The lowest BCUT2D eigenvalue weighted by atomic mass is 9.83. The molecule has 1 aromatic heterocycles. The number of hydrogen-bond donors (Lipinski definition) is 1. The lowest BCUT2D eigenvalue weighted by molar-refractivity contribution is 0.725.